The fourth-order valence-electron chi connectivity index (χ4n) is 3.00. The Balaban J connectivity index is 1.78. The van der Waals surface area contributed by atoms with Crippen LogP contribution in [0, 0.1) is 5.92 Å². The molecule has 0 spiro atoms. The summed E-state index contributed by atoms with van der Waals surface area (Å²) in [7, 11) is 0. The summed E-state index contributed by atoms with van der Waals surface area (Å²) >= 11 is 11.8. The van der Waals surface area contributed by atoms with Gasteiger partial charge in [-0.25, -0.2) is 0 Å². The Kier molecular flexibility index (Phi) is 8.75. The molecule has 0 aliphatic rings. The van der Waals surface area contributed by atoms with Crippen molar-refractivity contribution in [3.05, 3.63) is 99.5 Å². The maximum absolute atomic E-state index is 12.8. The minimum Gasteiger partial charge on any atom is -0.494 e. The van der Waals surface area contributed by atoms with Gasteiger partial charge in [-0.2, -0.15) is 0 Å². The van der Waals surface area contributed by atoms with Crippen molar-refractivity contribution in [3.8, 4) is 5.75 Å². The molecule has 0 heterocycles. The molecule has 0 unspecified atom stereocenters. The van der Waals surface area contributed by atoms with Gasteiger partial charge in [0.25, 0.3) is 11.8 Å². The van der Waals surface area contributed by atoms with Crippen LogP contribution in [-0.4, -0.2) is 18.4 Å². The number of hydrogen-bond acceptors (Lipinski definition) is 3. The van der Waals surface area contributed by atoms with Crippen LogP contribution in [0.4, 0.5) is 0 Å². The summed E-state index contributed by atoms with van der Waals surface area (Å²) in [4.78, 5) is 25.7. The van der Waals surface area contributed by atoms with Gasteiger partial charge >= 0.3 is 0 Å². The van der Waals surface area contributed by atoms with Crippen molar-refractivity contribution in [1.82, 2.24) is 10.6 Å². The van der Waals surface area contributed by atoms with Gasteiger partial charge in [-0.3, -0.25) is 9.59 Å². The number of ether oxygens (including phenoxy) is 1. The maximum atomic E-state index is 12.8. The first-order chi connectivity index (χ1) is 15.8. The predicted octanol–water partition coefficient (Wildman–Crippen LogP) is 6.28. The fourth-order valence-corrected chi connectivity index (χ4v) is 3.26. The monoisotopic (exact) mass is 484 g/mol. The van der Waals surface area contributed by atoms with Crippen LogP contribution in [0.5, 0.6) is 5.75 Å². The number of benzene rings is 3. The van der Waals surface area contributed by atoms with Crippen LogP contribution >= 0.6 is 23.2 Å². The highest BCUT2D eigenvalue weighted by atomic mass is 35.5. The summed E-state index contributed by atoms with van der Waals surface area (Å²) in [6.07, 6.45) is 0.194. The molecule has 3 rings (SSSR count). The van der Waals surface area contributed by atoms with Gasteiger partial charge in [-0.05, 0) is 78.6 Å². The lowest BCUT2D eigenvalue weighted by Gasteiger charge is -2.21. The van der Waals surface area contributed by atoms with Crippen molar-refractivity contribution < 1.29 is 14.3 Å². The Bertz CT molecular complexity index is 1010. The number of amides is 2. The Hall–Kier alpha value is -3.02. The Morgan fingerprint density at radius 3 is 1.64 bits per heavy atom. The van der Waals surface area contributed by atoms with Gasteiger partial charge in [0.2, 0.25) is 0 Å². The normalized spacial score (nSPS) is 10.8. The molecule has 0 saturated heterocycles. The number of hydrogen-bond donors (Lipinski definition) is 2. The molecule has 0 atom stereocenters. The lowest BCUT2D eigenvalue weighted by Crippen LogP contribution is -2.41. The standard InChI is InChI=1S/C26H26Cl2N2O3/c1-17(2)15-16-33-23-13-7-18(8-14-23)24(29-25(31)19-3-9-21(27)10-4-19)30-26(32)20-5-11-22(28)12-6-20/h3-14,17,24H,15-16H2,1-2H3,(H,29,31)(H,30,32). The van der Waals surface area contributed by atoms with Crippen molar-refractivity contribution in [2.45, 2.75) is 26.4 Å². The molecular formula is C26H26Cl2N2O3. The fraction of sp³-hybridized carbons (Fsp3) is 0.231. The molecule has 2 N–H and O–H groups in total. The SMILES string of the molecule is CC(C)CCOc1ccc(C(NC(=O)c2ccc(Cl)cc2)NC(=O)c2ccc(Cl)cc2)cc1. The summed E-state index contributed by atoms with van der Waals surface area (Å²) in [6, 6.07) is 20.4. The van der Waals surface area contributed by atoms with E-state index in [0.29, 0.717) is 39.3 Å². The van der Waals surface area contributed by atoms with E-state index in [1.165, 1.54) is 0 Å². The number of halogens is 2. The van der Waals surface area contributed by atoms with Crippen molar-refractivity contribution in [1.29, 1.82) is 0 Å². The second kappa shape index (κ2) is 11.7. The Morgan fingerprint density at radius 1 is 0.758 bits per heavy atom. The zero-order valence-corrected chi connectivity index (χ0v) is 20.0. The summed E-state index contributed by atoms with van der Waals surface area (Å²) < 4.78 is 5.78. The smallest absolute Gasteiger partial charge is 0.253 e. The van der Waals surface area contributed by atoms with Gasteiger partial charge in [0.15, 0.2) is 0 Å². The highest BCUT2D eigenvalue weighted by Crippen LogP contribution is 2.19. The third-order valence-electron chi connectivity index (χ3n) is 4.94. The van der Waals surface area contributed by atoms with Crippen LogP contribution in [0.1, 0.15) is 52.7 Å². The van der Waals surface area contributed by atoms with E-state index in [4.69, 9.17) is 27.9 Å². The Labute approximate surface area is 204 Å². The first kappa shape index (κ1) is 24.6. The zero-order chi connectivity index (χ0) is 23.8. The van der Waals surface area contributed by atoms with E-state index in [1.54, 1.807) is 48.5 Å². The first-order valence-corrected chi connectivity index (χ1v) is 11.4. The van der Waals surface area contributed by atoms with Gasteiger partial charge in [0.05, 0.1) is 6.61 Å². The number of rotatable bonds is 9. The van der Waals surface area contributed by atoms with E-state index >= 15 is 0 Å². The molecule has 3 aromatic carbocycles. The lowest BCUT2D eigenvalue weighted by molar-refractivity contribution is 0.0883. The summed E-state index contributed by atoms with van der Waals surface area (Å²) in [5.41, 5.74) is 1.56. The predicted molar refractivity (Wildman–Crippen MR) is 132 cm³/mol. The average molecular weight is 485 g/mol. The topological polar surface area (TPSA) is 67.4 Å². The van der Waals surface area contributed by atoms with Crippen molar-refractivity contribution in [2.24, 2.45) is 5.92 Å². The lowest BCUT2D eigenvalue weighted by atomic mass is 10.1. The molecule has 33 heavy (non-hydrogen) atoms. The van der Waals surface area contributed by atoms with Gasteiger partial charge in [-0.15, -0.1) is 0 Å². The van der Waals surface area contributed by atoms with Crippen LogP contribution in [0.15, 0.2) is 72.8 Å². The zero-order valence-electron chi connectivity index (χ0n) is 18.5. The highest BCUT2D eigenvalue weighted by Gasteiger charge is 2.19. The van der Waals surface area contributed by atoms with Crippen molar-refractivity contribution >= 4 is 35.0 Å². The van der Waals surface area contributed by atoms with Crippen LogP contribution < -0.4 is 15.4 Å². The summed E-state index contributed by atoms with van der Waals surface area (Å²) in [5.74, 6) is 0.599. The van der Waals surface area contributed by atoms with Crippen LogP contribution in [0.3, 0.4) is 0 Å². The largest absolute Gasteiger partial charge is 0.494 e. The molecule has 0 saturated carbocycles. The molecule has 0 bridgehead atoms. The Morgan fingerprint density at radius 2 is 1.21 bits per heavy atom. The molecule has 0 radical (unpaired) electrons. The minimum absolute atomic E-state index is 0.342. The molecule has 7 heteroatoms. The van der Waals surface area contributed by atoms with Crippen LogP contribution in [-0.2, 0) is 0 Å². The molecule has 5 nitrogen and oxygen atoms in total. The quantitative estimate of drug-likeness (QED) is 0.351. The number of carbonyl (C=O) groups is 2. The summed E-state index contributed by atoms with van der Waals surface area (Å²) in [6.45, 7) is 4.91. The second-order valence-electron chi connectivity index (χ2n) is 7.99. The molecule has 3 aromatic rings. The van der Waals surface area contributed by atoms with E-state index in [-0.39, 0.29) is 11.8 Å². The maximum Gasteiger partial charge on any atom is 0.253 e. The van der Waals surface area contributed by atoms with E-state index in [9.17, 15) is 9.59 Å². The van der Waals surface area contributed by atoms with Gasteiger partial charge in [0, 0.05) is 21.2 Å². The third-order valence-corrected chi connectivity index (χ3v) is 5.45. The van der Waals surface area contributed by atoms with Gasteiger partial charge in [-0.1, -0.05) is 49.2 Å². The van der Waals surface area contributed by atoms with Gasteiger partial charge in [0.1, 0.15) is 11.9 Å². The highest BCUT2D eigenvalue weighted by molar-refractivity contribution is 6.31. The van der Waals surface area contributed by atoms with E-state index in [2.05, 4.69) is 24.5 Å². The van der Waals surface area contributed by atoms with Crippen molar-refractivity contribution in [2.75, 3.05) is 6.61 Å². The molecule has 0 aliphatic heterocycles. The first-order valence-electron chi connectivity index (χ1n) is 10.7. The molecule has 0 fully saturated rings. The summed E-state index contributed by atoms with van der Waals surface area (Å²) in [5, 5.41) is 6.82. The average Bonchev–Trinajstić information content (AvgIpc) is 2.79. The van der Waals surface area contributed by atoms with E-state index < -0.39 is 6.17 Å². The minimum atomic E-state index is -0.763. The van der Waals surface area contributed by atoms with Crippen LogP contribution in [0.25, 0.3) is 0 Å². The van der Waals surface area contributed by atoms with Crippen LogP contribution in [0.2, 0.25) is 10.0 Å². The molecular weight excluding hydrogens is 459 g/mol. The van der Waals surface area contributed by atoms with Gasteiger partial charge < -0.3 is 15.4 Å². The van der Waals surface area contributed by atoms with Crippen molar-refractivity contribution in [3.63, 3.8) is 0 Å². The molecule has 172 valence electrons. The number of carbonyl (C=O) groups excluding carboxylic acids is 2. The number of nitrogens with one attached hydrogen (secondary N) is 2. The molecule has 2 amide bonds. The second-order valence-corrected chi connectivity index (χ2v) is 8.87. The molecule has 0 aliphatic carbocycles. The molecule has 0 aromatic heterocycles. The van der Waals surface area contributed by atoms with E-state index in [1.807, 2.05) is 24.3 Å². The van der Waals surface area contributed by atoms with E-state index in [0.717, 1.165) is 12.2 Å². The third kappa shape index (κ3) is 7.52.